The average Bonchev–Trinajstić information content (AvgIpc) is 3.88. The van der Waals surface area contributed by atoms with E-state index in [4.69, 9.17) is 24.2 Å². The molecule has 4 amide bonds. The van der Waals surface area contributed by atoms with Crippen molar-refractivity contribution in [2.24, 2.45) is 17.3 Å². The van der Waals surface area contributed by atoms with E-state index < -0.39 is 29.9 Å². The van der Waals surface area contributed by atoms with Gasteiger partial charge in [-0.2, -0.15) is 0 Å². The molecule has 1 aliphatic heterocycles. The molecule has 5 aromatic rings. The third-order valence-electron chi connectivity index (χ3n) is 14.1. The van der Waals surface area contributed by atoms with Crippen molar-refractivity contribution in [1.82, 2.24) is 40.4 Å². The summed E-state index contributed by atoms with van der Waals surface area (Å²) in [6, 6.07) is 18.9. The first-order valence-electron chi connectivity index (χ1n) is 22.6. The Hall–Kier alpha value is -6.22. The maximum absolute atomic E-state index is 14.3. The first-order valence-corrected chi connectivity index (χ1v) is 22.6. The summed E-state index contributed by atoms with van der Waals surface area (Å²) in [7, 11) is 4.11. The Kier molecular flexibility index (Phi) is 12.5. The summed E-state index contributed by atoms with van der Waals surface area (Å²) in [5, 5.41) is 7.65. The molecule has 2 aliphatic carbocycles. The van der Waals surface area contributed by atoms with Gasteiger partial charge < -0.3 is 44.6 Å². The zero-order valence-electron chi connectivity index (χ0n) is 38.9. The number of methoxy groups -OCH3 is 3. The molecule has 2 saturated carbocycles. The van der Waals surface area contributed by atoms with Crippen LogP contribution in [-0.2, 0) is 23.8 Å². The number of nitrogens with one attached hydrogen (secondary N) is 4. The van der Waals surface area contributed by atoms with Crippen molar-refractivity contribution in [3.63, 3.8) is 0 Å². The van der Waals surface area contributed by atoms with Crippen LogP contribution >= 0.6 is 0 Å². The molecule has 3 fully saturated rings. The summed E-state index contributed by atoms with van der Waals surface area (Å²) in [6.45, 7) is 12.1. The van der Waals surface area contributed by atoms with Gasteiger partial charge >= 0.3 is 12.2 Å². The lowest BCUT2D eigenvalue weighted by Crippen LogP contribution is -2.60. The van der Waals surface area contributed by atoms with Crippen LogP contribution in [0.5, 0.6) is 0 Å². The topological polar surface area (TPSA) is 184 Å². The molecule has 3 aromatic carbocycles. The fourth-order valence-electron chi connectivity index (χ4n) is 9.61. The van der Waals surface area contributed by atoms with E-state index in [-0.39, 0.29) is 47.2 Å². The standard InChI is InChI=1S/C50H62N8O7/c1-28(2)40(55-47(61)63-7)45(59)57(27-50(6)20-21-50)29(3)43-51-26-39(53-43)35-17-16-33-22-32(14-15-34(33)23-35)30-10-12-31(13-11-30)38-25-52-44(54-38)41-36-18-19-37(24-36)58(41)46(60)42(49(4,5)65-9)56-48(62)64-8/h10-17,22-23,25-26,28-29,36-37,40-42H,18-21,24,27H2,1-9H3,(H,51,53)(H,52,54)(H,55,61)(H,56,62). The summed E-state index contributed by atoms with van der Waals surface area (Å²) in [5.41, 5.74) is 4.89. The first-order chi connectivity index (χ1) is 31.0. The van der Waals surface area contributed by atoms with Crippen molar-refractivity contribution in [2.45, 2.75) is 109 Å². The van der Waals surface area contributed by atoms with Gasteiger partial charge in [-0.25, -0.2) is 19.6 Å². The Morgan fingerprint density at radius 1 is 0.815 bits per heavy atom. The minimum absolute atomic E-state index is 0.0398. The Morgan fingerprint density at radius 3 is 2.06 bits per heavy atom. The molecular weight excluding hydrogens is 825 g/mol. The number of aromatic amines is 2. The van der Waals surface area contributed by atoms with Gasteiger partial charge in [-0.15, -0.1) is 0 Å². The van der Waals surface area contributed by atoms with Crippen LogP contribution in [-0.4, -0.2) is 105 Å². The van der Waals surface area contributed by atoms with Crippen LogP contribution in [0.15, 0.2) is 73.1 Å². The number of hydrogen-bond acceptors (Lipinski definition) is 9. The Balaban J connectivity index is 0.968. The molecular formula is C50H62N8O7. The Morgan fingerprint density at radius 2 is 1.42 bits per heavy atom. The van der Waals surface area contributed by atoms with E-state index in [2.05, 4.69) is 88.2 Å². The lowest BCUT2D eigenvalue weighted by Gasteiger charge is -2.40. The molecule has 65 heavy (non-hydrogen) atoms. The van der Waals surface area contributed by atoms with E-state index in [0.29, 0.717) is 12.4 Å². The summed E-state index contributed by atoms with van der Waals surface area (Å²) in [6.07, 6.45) is 7.21. The highest BCUT2D eigenvalue weighted by Crippen LogP contribution is 2.50. The number of piperidine rings is 1. The molecule has 0 radical (unpaired) electrons. The lowest BCUT2D eigenvalue weighted by atomic mass is 9.93. The van der Waals surface area contributed by atoms with E-state index >= 15 is 0 Å². The van der Waals surface area contributed by atoms with Gasteiger partial charge in [-0.3, -0.25) is 9.59 Å². The van der Waals surface area contributed by atoms with Crippen LogP contribution in [0.3, 0.4) is 0 Å². The van der Waals surface area contributed by atoms with Crippen molar-refractivity contribution < 1.29 is 33.4 Å². The second kappa shape index (κ2) is 18.0. The Labute approximate surface area is 380 Å². The number of aromatic nitrogens is 4. The fraction of sp³-hybridized carbons (Fsp3) is 0.480. The molecule has 344 valence electrons. The van der Waals surface area contributed by atoms with Gasteiger partial charge in [0.2, 0.25) is 11.8 Å². The lowest BCUT2D eigenvalue weighted by molar-refractivity contribution is -0.145. The molecule has 6 unspecified atom stereocenters. The minimum atomic E-state index is -0.973. The molecule has 0 spiro atoms. The van der Waals surface area contributed by atoms with Gasteiger partial charge in [-0.1, -0.05) is 69.3 Å². The molecule has 3 aliphatic rings. The maximum Gasteiger partial charge on any atom is 0.407 e. The number of alkyl carbamates (subject to hydrolysis) is 2. The number of nitrogens with zero attached hydrogens (tertiary/aromatic N) is 4. The largest absolute Gasteiger partial charge is 0.453 e. The molecule has 15 heteroatoms. The van der Waals surface area contributed by atoms with E-state index in [1.165, 1.54) is 21.3 Å². The van der Waals surface area contributed by atoms with Crippen molar-refractivity contribution in [3.05, 3.63) is 84.7 Å². The number of rotatable bonds is 15. The smallest absolute Gasteiger partial charge is 0.407 e. The molecule has 2 bridgehead atoms. The summed E-state index contributed by atoms with van der Waals surface area (Å²) in [4.78, 5) is 73.2. The number of fused-ring (bicyclic) bond motifs is 3. The van der Waals surface area contributed by atoms with Crippen LogP contribution in [0.2, 0.25) is 0 Å². The summed E-state index contributed by atoms with van der Waals surface area (Å²) < 4.78 is 15.4. The molecule has 8 rings (SSSR count). The van der Waals surface area contributed by atoms with Gasteiger partial charge in [0.05, 0.1) is 55.7 Å². The first kappa shape index (κ1) is 45.4. The Bertz CT molecular complexity index is 2560. The molecule has 3 heterocycles. The van der Waals surface area contributed by atoms with Gasteiger partial charge in [0.25, 0.3) is 0 Å². The molecule has 6 atom stereocenters. The molecule has 4 N–H and O–H groups in total. The fourth-order valence-corrected chi connectivity index (χ4v) is 9.61. The number of hydrogen-bond donors (Lipinski definition) is 4. The van der Waals surface area contributed by atoms with E-state index in [1.54, 1.807) is 13.8 Å². The molecule has 1 saturated heterocycles. The van der Waals surface area contributed by atoms with Crippen molar-refractivity contribution in [3.8, 4) is 33.6 Å². The summed E-state index contributed by atoms with van der Waals surface area (Å²) >= 11 is 0. The quantitative estimate of drug-likeness (QED) is 0.0800. The number of imidazole rings is 2. The average molecular weight is 887 g/mol. The van der Waals surface area contributed by atoms with Gasteiger partial charge in [0.1, 0.15) is 23.7 Å². The van der Waals surface area contributed by atoms with Crippen molar-refractivity contribution >= 4 is 34.8 Å². The van der Waals surface area contributed by atoms with Crippen molar-refractivity contribution in [1.29, 1.82) is 0 Å². The maximum atomic E-state index is 14.3. The van der Waals surface area contributed by atoms with Gasteiger partial charge in [0.15, 0.2) is 0 Å². The van der Waals surface area contributed by atoms with Crippen LogP contribution in [0.25, 0.3) is 44.4 Å². The predicted molar refractivity (Wildman–Crippen MR) is 247 cm³/mol. The number of amides is 4. The van der Waals surface area contributed by atoms with Gasteiger partial charge in [0, 0.05) is 25.3 Å². The number of H-pyrrole nitrogens is 2. The highest BCUT2D eigenvalue weighted by molar-refractivity contribution is 5.91. The number of carbonyl (C=O) groups excluding carboxylic acids is 4. The molecule has 15 nitrogen and oxygen atoms in total. The van der Waals surface area contributed by atoms with E-state index in [9.17, 15) is 19.2 Å². The highest BCUT2D eigenvalue weighted by Gasteiger charge is 2.53. The number of likely N-dealkylation sites (tertiary alicyclic amines) is 1. The van der Waals surface area contributed by atoms with Crippen LogP contribution in [0.1, 0.15) is 97.4 Å². The zero-order chi connectivity index (χ0) is 46.4. The third kappa shape index (κ3) is 9.20. The van der Waals surface area contributed by atoms with Crippen LogP contribution < -0.4 is 10.6 Å². The van der Waals surface area contributed by atoms with Gasteiger partial charge in [-0.05, 0) is 110 Å². The number of carbonyl (C=O) groups is 4. The predicted octanol–water partition coefficient (Wildman–Crippen LogP) is 8.56. The third-order valence-corrected chi connectivity index (χ3v) is 14.1. The minimum Gasteiger partial charge on any atom is -0.453 e. The van der Waals surface area contributed by atoms with Crippen LogP contribution in [0.4, 0.5) is 9.59 Å². The van der Waals surface area contributed by atoms with Crippen molar-refractivity contribution in [2.75, 3.05) is 27.9 Å². The van der Waals surface area contributed by atoms with Crippen LogP contribution in [0, 0.1) is 17.3 Å². The monoisotopic (exact) mass is 886 g/mol. The second-order valence-corrected chi connectivity index (χ2v) is 19.3. The molecule has 2 aromatic heterocycles. The SMILES string of the molecule is COC(=O)NC(C(=O)N(CC1(C)CC1)C(C)c1ncc(-c2ccc3cc(-c4ccc(-c5cnc(C6C7CCC(C7)N6C(=O)C(NC(=O)OC)C(C)(C)OC)[nH]5)cc4)ccc3c2)[nH]1)C(C)C. The second-order valence-electron chi connectivity index (χ2n) is 19.3. The van der Waals surface area contributed by atoms with E-state index in [1.807, 2.05) is 43.0 Å². The number of ether oxygens (including phenoxy) is 3. The highest BCUT2D eigenvalue weighted by atomic mass is 16.5. The zero-order valence-corrected chi connectivity index (χ0v) is 38.9. The normalized spacial score (nSPS) is 20.0. The number of benzene rings is 3. The summed E-state index contributed by atoms with van der Waals surface area (Å²) in [5.74, 6) is 1.17. The van der Waals surface area contributed by atoms with E-state index in [0.717, 1.165) is 82.3 Å².